The van der Waals surface area contributed by atoms with Crippen molar-refractivity contribution in [3.05, 3.63) is 60.7 Å². The number of hydrogen-bond donors (Lipinski definition) is 1. The Morgan fingerprint density at radius 3 is 2.35 bits per heavy atom. The van der Waals surface area contributed by atoms with E-state index in [0.29, 0.717) is 14.5 Å². The summed E-state index contributed by atoms with van der Waals surface area (Å²) < 4.78 is 3.02. The maximum atomic E-state index is 3.55. The van der Waals surface area contributed by atoms with Crippen molar-refractivity contribution < 1.29 is 0 Å². The van der Waals surface area contributed by atoms with Crippen molar-refractivity contribution in [1.29, 1.82) is 0 Å². The number of aromatic amines is 1. The molecule has 0 atom stereocenters. The van der Waals surface area contributed by atoms with Crippen LogP contribution in [0, 0.1) is 0 Å². The molecule has 0 bridgehead atoms. The van der Waals surface area contributed by atoms with Gasteiger partial charge in [-0.05, 0) is 0 Å². The zero-order valence-corrected chi connectivity index (χ0v) is 12.4. The fraction of sp³-hybridized carbons (Fsp3) is 0. The van der Waals surface area contributed by atoms with E-state index in [4.69, 9.17) is 0 Å². The molecule has 0 radical (unpaired) electrons. The van der Waals surface area contributed by atoms with Crippen LogP contribution in [-0.4, -0.2) is 19.5 Å². The van der Waals surface area contributed by atoms with Gasteiger partial charge in [0, 0.05) is 0 Å². The minimum absolute atomic E-state index is 0.443. The summed E-state index contributed by atoms with van der Waals surface area (Å²) in [6, 6.07) is 22.0. The SMILES string of the molecule is c1ccc2c(c1)[nH]c1ccc3[se]c4ccccc4c3c12. The van der Waals surface area contributed by atoms with E-state index < -0.39 is 0 Å². The Morgan fingerprint density at radius 2 is 1.40 bits per heavy atom. The Morgan fingerprint density at radius 1 is 0.600 bits per heavy atom. The van der Waals surface area contributed by atoms with Crippen molar-refractivity contribution in [2.45, 2.75) is 0 Å². The Balaban J connectivity index is 2.19. The molecule has 0 fully saturated rings. The molecular formula is C18H11NSe. The molecule has 2 heteroatoms. The van der Waals surface area contributed by atoms with Gasteiger partial charge in [-0.2, -0.15) is 0 Å². The summed E-state index contributed by atoms with van der Waals surface area (Å²) in [5, 5.41) is 5.62. The molecule has 1 nitrogen and oxygen atoms in total. The molecule has 0 spiro atoms. The Labute approximate surface area is 121 Å². The van der Waals surface area contributed by atoms with Gasteiger partial charge in [-0.15, -0.1) is 0 Å². The van der Waals surface area contributed by atoms with E-state index >= 15 is 0 Å². The molecule has 5 aromatic rings. The van der Waals surface area contributed by atoms with Gasteiger partial charge in [0.05, 0.1) is 0 Å². The molecule has 0 saturated heterocycles. The van der Waals surface area contributed by atoms with Gasteiger partial charge in [-0.25, -0.2) is 0 Å². The number of fused-ring (bicyclic) bond motifs is 7. The van der Waals surface area contributed by atoms with Crippen molar-refractivity contribution in [3.8, 4) is 0 Å². The number of para-hydroxylation sites is 1. The molecule has 3 aromatic carbocycles. The van der Waals surface area contributed by atoms with Crippen LogP contribution in [0.25, 0.3) is 41.1 Å². The van der Waals surface area contributed by atoms with Crippen LogP contribution in [0.4, 0.5) is 0 Å². The quantitative estimate of drug-likeness (QED) is 0.399. The number of hydrogen-bond acceptors (Lipinski definition) is 0. The van der Waals surface area contributed by atoms with Crippen LogP contribution in [0.5, 0.6) is 0 Å². The van der Waals surface area contributed by atoms with Crippen LogP contribution in [-0.2, 0) is 0 Å². The van der Waals surface area contributed by atoms with E-state index in [1.165, 1.54) is 41.1 Å². The van der Waals surface area contributed by atoms with Crippen molar-refractivity contribution in [1.82, 2.24) is 4.98 Å². The third-order valence-electron chi connectivity index (χ3n) is 4.01. The van der Waals surface area contributed by atoms with Gasteiger partial charge in [0.15, 0.2) is 0 Å². The summed E-state index contributed by atoms with van der Waals surface area (Å²) in [7, 11) is 0. The molecule has 0 aliphatic rings. The third kappa shape index (κ3) is 1.28. The van der Waals surface area contributed by atoms with E-state index in [2.05, 4.69) is 65.6 Å². The Kier molecular flexibility index (Phi) is 2.01. The van der Waals surface area contributed by atoms with Gasteiger partial charge in [0.1, 0.15) is 0 Å². The monoisotopic (exact) mass is 321 g/mol. The predicted octanol–water partition coefficient (Wildman–Crippen LogP) is 4.68. The summed E-state index contributed by atoms with van der Waals surface area (Å²) in [6.45, 7) is 0. The van der Waals surface area contributed by atoms with Crippen LogP contribution in [0.15, 0.2) is 60.7 Å². The van der Waals surface area contributed by atoms with E-state index in [0.717, 1.165) is 0 Å². The molecule has 2 heterocycles. The molecule has 0 unspecified atom stereocenters. The Bertz CT molecular complexity index is 1010. The molecule has 0 aliphatic heterocycles. The summed E-state index contributed by atoms with van der Waals surface area (Å²) >= 11 is 0.443. The zero-order chi connectivity index (χ0) is 13.1. The van der Waals surface area contributed by atoms with Crippen LogP contribution in [0.3, 0.4) is 0 Å². The minimum atomic E-state index is 0.443. The average molecular weight is 320 g/mol. The van der Waals surface area contributed by atoms with E-state index in [-0.39, 0.29) is 0 Å². The summed E-state index contributed by atoms with van der Waals surface area (Å²) in [6.07, 6.45) is 0. The maximum absolute atomic E-state index is 3.55. The second-order valence-electron chi connectivity index (χ2n) is 5.13. The van der Waals surface area contributed by atoms with Gasteiger partial charge in [-0.3, -0.25) is 0 Å². The van der Waals surface area contributed by atoms with Crippen molar-refractivity contribution in [3.63, 3.8) is 0 Å². The van der Waals surface area contributed by atoms with Crippen LogP contribution in [0.2, 0.25) is 0 Å². The first-order valence-corrected chi connectivity index (χ1v) is 8.44. The molecule has 94 valence electrons. The summed E-state index contributed by atoms with van der Waals surface area (Å²) in [5.74, 6) is 0. The van der Waals surface area contributed by atoms with E-state index in [9.17, 15) is 0 Å². The van der Waals surface area contributed by atoms with Gasteiger partial charge in [-0.1, -0.05) is 0 Å². The number of benzene rings is 3. The number of aromatic nitrogens is 1. The number of H-pyrrole nitrogens is 1. The van der Waals surface area contributed by atoms with Gasteiger partial charge >= 0.3 is 121 Å². The van der Waals surface area contributed by atoms with Crippen LogP contribution >= 0.6 is 0 Å². The van der Waals surface area contributed by atoms with Crippen molar-refractivity contribution >= 4 is 55.6 Å². The molecule has 2 aromatic heterocycles. The van der Waals surface area contributed by atoms with E-state index in [1.54, 1.807) is 0 Å². The van der Waals surface area contributed by atoms with Gasteiger partial charge in [0.25, 0.3) is 0 Å². The topological polar surface area (TPSA) is 15.8 Å². The average Bonchev–Trinajstić information content (AvgIpc) is 3.04. The summed E-state index contributed by atoms with van der Waals surface area (Å²) in [4.78, 5) is 3.55. The van der Waals surface area contributed by atoms with Crippen molar-refractivity contribution in [2.24, 2.45) is 0 Å². The first kappa shape index (κ1) is 10.7. The second-order valence-corrected chi connectivity index (χ2v) is 7.40. The number of rotatable bonds is 0. The first-order chi connectivity index (χ1) is 9.92. The number of nitrogens with one attached hydrogen (secondary N) is 1. The van der Waals surface area contributed by atoms with Gasteiger partial charge in [0.2, 0.25) is 0 Å². The molecular weight excluding hydrogens is 309 g/mol. The van der Waals surface area contributed by atoms with Gasteiger partial charge < -0.3 is 0 Å². The predicted molar refractivity (Wildman–Crippen MR) is 87.8 cm³/mol. The third-order valence-corrected chi connectivity index (χ3v) is 6.39. The fourth-order valence-electron chi connectivity index (χ4n) is 3.16. The standard InChI is InChI=1S/C18H11NSe/c1-3-7-13-11(5-1)17-14(19-13)9-10-16-18(17)12-6-2-4-8-15(12)20-16/h1-10,19H. The molecule has 1 N–H and O–H groups in total. The first-order valence-electron chi connectivity index (χ1n) is 6.72. The molecule has 0 amide bonds. The molecule has 0 aliphatic carbocycles. The van der Waals surface area contributed by atoms with E-state index in [1.807, 2.05) is 0 Å². The van der Waals surface area contributed by atoms with Crippen LogP contribution < -0.4 is 0 Å². The molecule has 20 heavy (non-hydrogen) atoms. The summed E-state index contributed by atoms with van der Waals surface area (Å²) in [5.41, 5.74) is 2.48. The molecule has 5 rings (SSSR count). The van der Waals surface area contributed by atoms with Crippen LogP contribution in [0.1, 0.15) is 0 Å². The second kappa shape index (κ2) is 3.76. The van der Waals surface area contributed by atoms with Crippen molar-refractivity contribution in [2.75, 3.05) is 0 Å². The molecule has 0 saturated carbocycles. The fourth-order valence-corrected chi connectivity index (χ4v) is 5.49. The normalized spacial score (nSPS) is 12.0. The Hall–Kier alpha value is -2.02. The zero-order valence-electron chi connectivity index (χ0n) is 10.7.